The highest BCUT2D eigenvalue weighted by molar-refractivity contribution is 7.79. The molecule has 0 unspecified atom stereocenters. The molecule has 0 saturated heterocycles. The lowest BCUT2D eigenvalue weighted by Gasteiger charge is -2.24. The lowest BCUT2D eigenvalue weighted by atomic mass is 10.4. The Labute approximate surface area is 162 Å². The number of rotatable bonds is 6. The second-order valence-electron chi connectivity index (χ2n) is 6.51. The summed E-state index contributed by atoms with van der Waals surface area (Å²) >= 11 is 0. The Balaban J connectivity index is -0.000000344. The van der Waals surface area contributed by atoms with Crippen molar-refractivity contribution in [3.63, 3.8) is 0 Å². The summed E-state index contributed by atoms with van der Waals surface area (Å²) in [5.74, 6) is -0.672. The van der Waals surface area contributed by atoms with Crippen LogP contribution in [-0.4, -0.2) is 80.0 Å². The maximum absolute atomic E-state index is 11.0. The van der Waals surface area contributed by atoms with Crippen LogP contribution < -0.4 is 0 Å². The monoisotopic (exact) mass is 412 g/mol. The van der Waals surface area contributed by atoms with Gasteiger partial charge in [-0.25, -0.2) is 9.59 Å². The second kappa shape index (κ2) is 12.6. The van der Waals surface area contributed by atoms with Gasteiger partial charge >= 0.3 is 11.9 Å². The number of hydrogen-bond donors (Lipinski definition) is 0. The molecule has 0 spiro atoms. The Morgan fingerprint density at radius 3 is 1.11 bits per heavy atom. The van der Waals surface area contributed by atoms with Crippen molar-refractivity contribution >= 4 is 22.3 Å². The van der Waals surface area contributed by atoms with Crippen LogP contribution in [0.3, 0.4) is 0 Å². The van der Waals surface area contributed by atoms with Gasteiger partial charge in [0.15, 0.2) is 0 Å². The number of quaternary nitrogens is 2. The molecule has 0 amide bonds. The largest absolute Gasteiger partial charge is 0.759 e. The van der Waals surface area contributed by atoms with E-state index in [9.17, 15) is 9.59 Å². The minimum Gasteiger partial charge on any atom is -0.759 e. The summed E-state index contributed by atoms with van der Waals surface area (Å²) in [7, 11) is 2.11. The lowest BCUT2D eigenvalue weighted by molar-refractivity contribution is -1.06. The van der Waals surface area contributed by atoms with Crippen molar-refractivity contribution in [1.29, 1.82) is 0 Å². The molecule has 0 N–H and O–H groups in total. The molecular formula is C16H32N2O8S. The Hall–Kier alpha value is -1.79. The molecule has 0 aromatic carbocycles. The van der Waals surface area contributed by atoms with Crippen LogP contribution in [0.5, 0.6) is 0 Å². The minimum atomic E-state index is -5.17. The summed E-state index contributed by atoms with van der Waals surface area (Å²) in [6.07, 6.45) is 0. The van der Waals surface area contributed by atoms with Crippen molar-refractivity contribution in [2.75, 3.05) is 41.3 Å². The molecule has 0 heterocycles. The summed E-state index contributed by atoms with van der Waals surface area (Å²) in [5.41, 5.74) is 0.870. The van der Waals surface area contributed by atoms with Gasteiger partial charge in [0.05, 0.1) is 0 Å². The molecule has 0 aliphatic rings. The van der Waals surface area contributed by atoms with E-state index in [-0.39, 0.29) is 21.2 Å². The van der Waals surface area contributed by atoms with Crippen LogP contribution in [0.15, 0.2) is 24.3 Å². The topological polar surface area (TPSA) is 133 Å². The second-order valence-corrected chi connectivity index (χ2v) is 7.32. The molecule has 0 radical (unpaired) electrons. The van der Waals surface area contributed by atoms with Crippen LogP contribution in [0.2, 0.25) is 0 Å². The fourth-order valence-corrected chi connectivity index (χ4v) is 0.734. The zero-order chi connectivity index (χ0) is 22.6. The summed E-state index contributed by atoms with van der Waals surface area (Å²) < 4.78 is 34.6. The molecule has 0 rings (SSSR count). The van der Waals surface area contributed by atoms with Crippen LogP contribution in [0.4, 0.5) is 0 Å². The molecule has 0 fully saturated rings. The quantitative estimate of drug-likeness (QED) is 0.206. The maximum Gasteiger partial charge on any atom is 0.392 e. The first-order valence-corrected chi connectivity index (χ1v) is 9.22. The normalized spacial score (nSPS) is 11.0. The minimum absolute atomic E-state index is 0.242. The average Bonchev–Trinajstić information content (AvgIpc) is 2.45. The van der Waals surface area contributed by atoms with Gasteiger partial charge in [-0.3, -0.25) is 18.1 Å². The number of carbonyl (C=O) groups is 2. The Bertz CT molecular complexity index is 576. The summed E-state index contributed by atoms with van der Waals surface area (Å²) in [5, 5.41) is 0. The van der Waals surface area contributed by atoms with Gasteiger partial charge in [-0.1, -0.05) is 13.2 Å². The Kier molecular flexibility index (Phi) is 13.9. The van der Waals surface area contributed by atoms with Crippen molar-refractivity contribution in [2.24, 2.45) is 0 Å². The SMILES string of the molecule is C=C(C)C(=O)O[N+](C)(C)CC.C=C(C)C(=O)O[N+](C)(C)CC.O=S(=O)([O-])[O-]. The first kappa shape index (κ1) is 30.0. The van der Waals surface area contributed by atoms with Gasteiger partial charge in [0.1, 0.15) is 41.3 Å². The van der Waals surface area contributed by atoms with Gasteiger partial charge in [-0.2, -0.15) is 0 Å². The smallest absolute Gasteiger partial charge is 0.392 e. The van der Waals surface area contributed by atoms with Gasteiger partial charge < -0.3 is 9.11 Å². The third-order valence-electron chi connectivity index (χ3n) is 2.88. The van der Waals surface area contributed by atoms with E-state index < -0.39 is 10.4 Å². The van der Waals surface area contributed by atoms with E-state index in [1.54, 1.807) is 13.8 Å². The molecule has 27 heavy (non-hydrogen) atoms. The molecule has 0 atom stereocenters. The van der Waals surface area contributed by atoms with Crippen molar-refractivity contribution < 1.29 is 46.1 Å². The van der Waals surface area contributed by atoms with Gasteiger partial charge in [0.2, 0.25) is 0 Å². The van der Waals surface area contributed by atoms with Crippen LogP contribution >= 0.6 is 0 Å². The highest BCUT2D eigenvalue weighted by atomic mass is 32.3. The van der Waals surface area contributed by atoms with Crippen molar-refractivity contribution in [3.8, 4) is 0 Å². The average molecular weight is 413 g/mol. The maximum atomic E-state index is 11.0. The number of nitrogens with zero attached hydrogens (tertiary/aromatic N) is 2. The number of carbonyl (C=O) groups excluding carboxylic acids is 2. The van der Waals surface area contributed by atoms with E-state index in [1.165, 1.54) is 0 Å². The van der Waals surface area contributed by atoms with Crippen molar-refractivity contribution in [3.05, 3.63) is 24.3 Å². The van der Waals surface area contributed by atoms with Crippen LogP contribution in [0.1, 0.15) is 27.7 Å². The molecule has 160 valence electrons. The van der Waals surface area contributed by atoms with Gasteiger partial charge in [-0.15, -0.1) is 9.29 Å². The van der Waals surface area contributed by atoms with Gasteiger partial charge in [0, 0.05) is 21.5 Å². The first-order valence-electron chi connectivity index (χ1n) is 7.89. The standard InChI is InChI=1S/2C8H16NO2.H2O4S/c2*1-6-9(4,5)11-8(10)7(2)3;1-5(2,3)4/h2*2,6H2,1,3-5H3;(H2,1,2,3,4)/q2*+1;/p-2. The summed E-state index contributed by atoms with van der Waals surface area (Å²) in [6, 6.07) is 0. The predicted molar refractivity (Wildman–Crippen MR) is 97.6 cm³/mol. The van der Waals surface area contributed by atoms with Crippen molar-refractivity contribution in [2.45, 2.75) is 27.7 Å². The molecule has 0 bridgehead atoms. The van der Waals surface area contributed by atoms with E-state index in [4.69, 9.17) is 27.2 Å². The van der Waals surface area contributed by atoms with Crippen LogP contribution in [-0.2, 0) is 29.7 Å². The van der Waals surface area contributed by atoms with E-state index in [0.717, 1.165) is 13.1 Å². The first-order chi connectivity index (χ1) is 11.8. The zero-order valence-corrected chi connectivity index (χ0v) is 18.2. The fraction of sp³-hybridized carbons (Fsp3) is 0.625. The van der Waals surface area contributed by atoms with Crippen molar-refractivity contribution in [1.82, 2.24) is 0 Å². The zero-order valence-electron chi connectivity index (χ0n) is 17.4. The van der Waals surface area contributed by atoms with E-state index >= 15 is 0 Å². The molecular weight excluding hydrogens is 380 g/mol. The highest BCUT2D eigenvalue weighted by Crippen LogP contribution is 2.03. The van der Waals surface area contributed by atoms with Gasteiger partial charge in [-0.05, 0) is 27.7 Å². The Morgan fingerprint density at radius 2 is 1.00 bits per heavy atom. The molecule has 0 aliphatic heterocycles. The van der Waals surface area contributed by atoms with Gasteiger partial charge in [0.25, 0.3) is 0 Å². The predicted octanol–water partition coefficient (Wildman–Crippen LogP) is 0.896. The molecule has 0 aromatic heterocycles. The third-order valence-corrected chi connectivity index (χ3v) is 2.88. The van der Waals surface area contributed by atoms with Crippen LogP contribution in [0, 0.1) is 0 Å². The van der Waals surface area contributed by atoms with Crippen LogP contribution in [0.25, 0.3) is 0 Å². The third kappa shape index (κ3) is 24.2. The summed E-state index contributed by atoms with van der Waals surface area (Å²) in [4.78, 5) is 32.1. The van der Waals surface area contributed by atoms with E-state index in [0.29, 0.717) is 11.1 Å². The highest BCUT2D eigenvalue weighted by Gasteiger charge is 2.20. The molecule has 10 nitrogen and oxygen atoms in total. The fourth-order valence-electron chi connectivity index (χ4n) is 0.734. The molecule has 11 heteroatoms. The number of hydroxylamine groups is 6. The number of hydrogen-bond acceptors (Lipinski definition) is 8. The Morgan fingerprint density at radius 1 is 0.815 bits per heavy atom. The summed E-state index contributed by atoms with van der Waals surface area (Å²) in [6.45, 7) is 15.6. The van der Waals surface area contributed by atoms with E-state index in [1.807, 2.05) is 42.0 Å². The lowest BCUT2D eigenvalue weighted by Crippen LogP contribution is -2.41. The molecule has 0 aliphatic carbocycles. The molecule has 0 saturated carbocycles. The van der Waals surface area contributed by atoms with E-state index in [2.05, 4.69) is 13.2 Å². The molecule has 0 aromatic rings.